The van der Waals surface area contributed by atoms with Crippen molar-refractivity contribution in [2.45, 2.75) is 24.6 Å². The summed E-state index contributed by atoms with van der Waals surface area (Å²) in [6.45, 7) is 0.330. The van der Waals surface area contributed by atoms with Crippen LogP contribution in [0.25, 0.3) is 0 Å². The third-order valence-corrected chi connectivity index (χ3v) is 4.47. The van der Waals surface area contributed by atoms with Gasteiger partial charge in [-0.3, -0.25) is 4.79 Å². The van der Waals surface area contributed by atoms with Crippen LogP contribution < -0.4 is 10.1 Å². The van der Waals surface area contributed by atoms with E-state index in [9.17, 15) is 18.0 Å². The van der Waals surface area contributed by atoms with Gasteiger partial charge in [-0.2, -0.15) is 0 Å². The number of rotatable bonds is 8. The molecule has 0 aliphatic carbocycles. The zero-order valence-electron chi connectivity index (χ0n) is 14.3. The first kappa shape index (κ1) is 19.8. The number of carbonyl (C=O) groups excluding carboxylic acids is 1. The highest BCUT2D eigenvalue weighted by Gasteiger charge is 2.31. The number of hydrogen-bond acceptors (Lipinski definition) is 6. The van der Waals surface area contributed by atoms with Crippen molar-refractivity contribution in [3.63, 3.8) is 0 Å². The first-order valence-corrected chi connectivity index (χ1v) is 9.02. The van der Waals surface area contributed by atoms with Gasteiger partial charge in [-0.05, 0) is 18.2 Å². The van der Waals surface area contributed by atoms with E-state index in [0.717, 1.165) is 11.8 Å². The molecule has 0 saturated heterocycles. The number of hydrogen-bond donors (Lipinski definition) is 1. The molecule has 148 valence electrons. The highest BCUT2D eigenvalue weighted by Crippen LogP contribution is 2.26. The molecule has 0 fully saturated rings. The number of benzene rings is 1. The molecule has 2 heterocycles. The highest BCUT2D eigenvalue weighted by atomic mass is 32.2. The number of carbonyl (C=O) groups is 1. The molecule has 0 saturated carbocycles. The number of ether oxygens (including phenoxy) is 1. The van der Waals surface area contributed by atoms with Crippen LogP contribution in [0.4, 0.5) is 13.2 Å². The average Bonchev–Trinajstić information content (AvgIpc) is 3.30. The fourth-order valence-corrected chi connectivity index (χ4v) is 3.03. The van der Waals surface area contributed by atoms with Crippen LogP contribution in [-0.2, 0) is 17.9 Å². The van der Waals surface area contributed by atoms with E-state index in [0.29, 0.717) is 17.5 Å². The molecule has 0 aliphatic heterocycles. The SMILES string of the molecule is O=C(CSc1nncn1Cc1ccco1)NCc1ccccc1OC(F)(F)F. The quantitative estimate of drug-likeness (QED) is 0.572. The number of nitrogens with one attached hydrogen (secondary N) is 1. The van der Waals surface area contributed by atoms with Gasteiger partial charge in [-0.1, -0.05) is 30.0 Å². The minimum atomic E-state index is -4.80. The van der Waals surface area contributed by atoms with Gasteiger partial charge in [-0.25, -0.2) is 0 Å². The largest absolute Gasteiger partial charge is 0.573 e. The summed E-state index contributed by atoms with van der Waals surface area (Å²) in [4.78, 5) is 12.1. The van der Waals surface area contributed by atoms with Crippen LogP contribution in [0.2, 0.25) is 0 Å². The van der Waals surface area contributed by atoms with Crippen molar-refractivity contribution in [1.82, 2.24) is 20.1 Å². The molecule has 3 aromatic rings. The Balaban J connectivity index is 1.52. The smallest absolute Gasteiger partial charge is 0.467 e. The fraction of sp³-hybridized carbons (Fsp3) is 0.235. The lowest BCUT2D eigenvalue weighted by Gasteiger charge is -2.13. The zero-order chi connectivity index (χ0) is 20.0. The summed E-state index contributed by atoms with van der Waals surface area (Å²) < 4.78 is 48.3. The molecular formula is C17H15F3N4O3S. The summed E-state index contributed by atoms with van der Waals surface area (Å²) >= 11 is 1.16. The van der Waals surface area contributed by atoms with Crippen molar-refractivity contribution >= 4 is 17.7 Å². The van der Waals surface area contributed by atoms with Crippen LogP contribution in [0.1, 0.15) is 11.3 Å². The summed E-state index contributed by atoms with van der Waals surface area (Å²) in [5, 5.41) is 10.9. The summed E-state index contributed by atoms with van der Waals surface area (Å²) in [7, 11) is 0. The topological polar surface area (TPSA) is 82.2 Å². The fourth-order valence-electron chi connectivity index (χ4n) is 2.28. The lowest BCUT2D eigenvalue weighted by molar-refractivity contribution is -0.274. The van der Waals surface area contributed by atoms with Crippen LogP contribution in [0.15, 0.2) is 58.6 Å². The molecule has 0 aliphatic rings. The highest BCUT2D eigenvalue weighted by molar-refractivity contribution is 7.99. The van der Waals surface area contributed by atoms with Gasteiger partial charge in [0.25, 0.3) is 0 Å². The Morgan fingerprint density at radius 3 is 2.82 bits per heavy atom. The Morgan fingerprint density at radius 2 is 2.07 bits per heavy atom. The molecule has 11 heteroatoms. The lowest BCUT2D eigenvalue weighted by atomic mass is 10.2. The van der Waals surface area contributed by atoms with Gasteiger partial charge in [-0.15, -0.1) is 23.4 Å². The molecule has 2 aromatic heterocycles. The Labute approximate surface area is 161 Å². The number of alkyl halides is 3. The van der Waals surface area contributed by atoms with E-state index in [1.807, 2.05) is 6.07 Å². The normalized spacial score (nSPS) is 11.4. The molecule has 3 rings (SSSR count). The summed E-state index contributed by atoms with van der Waals surface area (Å²) in [5.41, 5.74) is 0.221. The van der Waals surface area contributed by atoms with E-state index in [-0.39, 0.29) is 29.5 Å². The van der Waals surface area contributed by atoms with E-state index >= 15 is 0 Å². The van der Waals surface area contributed by atoms with Crippen molar-refractivity contribution < 1.29 is 27.1 Å². The molecule has 0 radical (unpaired) electrons. The molecule has 0 spiro atoms. The number of amides is 1. The van der Waals surface area contributed by atoms with Crippen molar-refractivity contribution in [1.29, 1.82) is 0 Å². The lowest BCUT2D eigenvalue weighted by Crippen LogP contribution is -2.26. The van der Waals surface area contributed by atoms with Crippen LogP contribution in [0, 0.1) is 0 Å². The molecule has 0 bridgehead atoms. The third kappa shape index (κ3) is 5.78. The minimum absolute atomic E-state index is 0.0269. The molecular weight excluding hydrogens is 397 g/mol. The Bertz CT molecular complexity index is 913. The molecule has 0 atom stereocenters. The van der Waals surface area contributed by atoms with Crippen LogP contribution in [-0.4, -0.2) is 32.8 Å². The maximum atomic E-state index is 12.4. The number of halogens is 3. The maximum absolute atomic E-state index is 12.4. The number of aromatic nitrogens is 3. The second-order valence-electron chi connectivity index (χ2n) is 5.54. The summed E-state index contributed by atoms with van der Waals surface area (Å²) in [5.74, 6) is 0.0342. The Hall–Kier alpha value is -2.95. The Kier molecular flexibility index (Phi) is 6.24. The third-order valence-electron chi connectivity index (χ3n) is 3.49. The summed E-state index contributed by atoms with van der Waals surface area (Å²) in [6, 6.07) is 9.21. The molecule has 28 heavy (non-hydrogen) atoms. The van der Waals surface area contributed by atoms with Gasteiger partial charge in [0.15, 0.2) is 5.16 Å². The van der Waals surface area contributed by atoms with Crippen molar-refractivity contribution in [2.75, 3.05) is 5.75 Å². The zero-order valence-corrected chi connectivity index (χ0v) is 15.2. The predicted molar refractivity (Wildman–Crippen MR) is 93.5 cm³/mol. The van der Waals surface area contributed by atoms with E-state index in [1.165, 1.54) is 24.5 Å². The van der Waals surface area contributed by atoms with Crippen molar-refractivity contribution in [3.8, 4) is 5.75 Å². The summed E-state index contributed by atoms with van der Waals surface area (Å²) in [6.07, 6.45) is -1.72. The van der Waals surface area contributed by atoms with Gasteiger partial charge in [0.05, 0.1) is 18.6 Å². The van der Waals surface area contributed by atoms with Gasteiger partial charge in [0, 0.05) is 12.1 Å². The van der Waals surface area contributed by atoms with Crippen molar-refractivity contribution in [3.05, 3.63) is 60.3 Å². The van der Waals surface area contributed by atoms with E-state index in [4.69, 9.17) is 4.42 Å². The van der Waals surface area contributed by atoms with Crippen LogP contribution in [0.5, 0.6) is 5.75 Å². The van der Waals surface area contributed by atoms with Gasteiger partial charge >= 0.3 is 6.36 Å². The molecule has 0 unspecified atom stereocenters. The minimum Gasteiger partial charge on any atom is -0.467 e. The van der Waals surface area contributed by atoms with Gasteiger partial charge < -0.3 is 19.0 Å². The average molecular weight is 412 g/mol. The van der Waals surface area contributed by atoms with Gasteiger partial charge in [0.2, 0.25) is 5.91 Å². The first-order valence-electron chi connectivity index (χ1n) is 8.04. The van der Waals surface area contributed by atoms with Crippen molar-refractivity contribution in [2.24, 2.45) is 0 Å². The Morgan fingerprint density at radius 1 is 1.25 bits per heavy atom. The first-order chi connectivity index (χ1) is 13.4. The molecule has 1 amide bonds. The van der Waals surface area contributed by atoms with E-state index in [2.05, 4.69) is 20.3 Å². The second kappa shape index (κ2) is 8.83. The molecule has 7 nitrogen and oxygen atoms in total. The monoisotopic (exact) mass is 412 g/mol. The van der Waals surface area contributed by atoms with E-state index < -0.39 is 6.36 Å². The number of furan rings is 1. The second-order valence-corrected chi connectivity index (χ2v) is 6.48. The number of para-hydroxylation sites is 1. The number of nitrogens with zero attached hydrogens (tertiary/aromatic N) is 3. The van der Waals surface area contributed by atoms with Crippen LogP contribution in [0.3, 0.4) is 0 Å². The van der Waals surface area contributed by atoms with E-state index in [1.54, 1.807) is 23.0 Å². The molecule has 1 N–H and O–H groups in total. The maximum Gasteiger partial charge on any atom is 0.573 e. The van der Waals surface area contributed by atoms with Crippen LogP contribution >= 0.6 is 11.8 Å². The standard InChI is InChI=1S/C17H15F3N4O3S/c18-17(19,20)27-14-6-2-1-4-12(14)8-21-15(25)10-28-16-23-22-11-24(16)9-13-5-3-7-26-13/h1-7,11H,8-10H2,(H,21,25). The van der Waals surface area contributed by atoms with Gasteiger partial charge in [0.1, 0.15) is 17.8 Å². The molecule has 1 aromatic carbocycles. The number of thioether (sulfide) groups is 1. The predicted octanol–water partition coefficient (Wildman–Crippen LogP) is 3.23.